The highest BCUT2D eigenvalue weighted by atomic mass is 16.6. The number of aliphatic hydroxyl groups is 2. The summed E-state index contributed by atoms with van der Waals surface area (Å²) in [5.74, 6) is 0. The molecule has 2 unspecified atom stereocenters. The third-order valence-corrected chi connectivity index (χ3v) is 2.92. The maximum Gasteiger partial charge on any atom is 0.407 e. The summed E-state index contributed by atoms with van der Waals surface area (Å²) >= 11 is 0. The Morgan fingerprint density at radius 3 is 2.62 bits per heavy atom. The van der Waals surface area contributed by atoms with Crippen LogP contribution in [-0.2, 0) is 4.74 Å². The second-order valence-electron chi connectivity index (χ2n) is 6.13. The second kappa shape index (κ2) is 7.88. The lowest BCUT2D eigenvalue weighted by Crippen LogP contribution is -2.34. The summed E-state index contributed by atoms with van der Waals surface area (Å²) in [5, 5.41) is 33.0. The van der Waals surface area contributed by atoms with Gasteiger partial charge in [-0.15, -0.1) is 0 Å². The first kappa shape index (κ1) is 19.6. The molecule has 0 spiro atoms. The number of aliphatic hydroxyl groups excluding tert-OH is 2. The fourth-order valence-corrected chi connectivity index (χ4v) is 1.81. The molecule has 0 aliphatic rings. The van der Waals surface area contributed by atoms with Crippen molar-refractivity contribution in [2.45, 2.75) is 45.0 Å². The van der Waals surface area contributed by atoms with Gasteiger partial charge in [0.15, 0.2) is 0 Å². The molecule has 0 bridgehead atoms. The van der Waals surface area contributed by atoms with Crippen molar-refractivity contribution in [3.8, 4) is 0 Å². The largest absolute Gasteiger partial charge is 0.444 e. The topological polar surface area (TPSA) is 155 Å². The van der Waals surface area contributed by atoms with Crippen LogP contribution < -0.4 is 10.9 Å². The third-order valence-electron chi connectivity index (χ3n) is 2.92. The number of nitro groups is 1. The highest BCUT2D eigenvalue weighted by molar-refractivity contribution is 5.67. The number of hydrogen-bond donors (Lipinski definition) is 4. The van der Waals surface area contributed by atoms with Crippen molar-refractivity contribution in [1.29, 1.82) is 0 Å². The van der Waals surface area contributed by atoms with E-state index in [-0.39, 0.29) is 18.5 Å². The van der Waals surface area contributed by atoms with Gasteiger partial charge in [0, 0.05) is 24.4 Å². The monoisotopic (exact) mass is 343 g/mol. The molecular formula is C14H21N3O7. The molecule has 134 valence electrons. The number of rotatable bonds is 6. The molecule has 10 heteroatoms. The Morgan fingerprint density at radius 1 is 1.46 bits per heavy atom. The van der Waals surface area contributed by atoms with Gasteiger partial charge in [-0.05, 0) is 27.2 Å². The zero-order valence-corrected chi connectivity index (χ0v) is 13.6. The number of aromatic amines is 1. The van der Waals surface area contributed by atoms with Gasteiger partial charge in [0.05, 0.1) is 11.0 Å². The molecule has 0 aromatic carbocycles. The first-order valence-electron chi connectivity index (χ1n) is 7.21. The Kier molecular flexibility index (Phi) is 6.43. The van der Waals surface area contributed by atoms with Gasteiger partial charge in [-0.25, -0.2) is 4.79 Å². The molecule has 4 N–H and O–H groups in total. The number of hydrogen-bond acceptors (Lipinski definition) is 7. The fourth-order valence-electron chi connectivity index (χ4n) is 1.81. The van der Waals surface area contributed by atoms with Crippen molar-refractivity contribution < 1.29 is 24.7 Å². The van der Waals surface area contributed by atoms with Gasteiger partial charge in [-0.3, -0.25) is 14.9 Å². The number of carbonyl (C=O) groups excluding carboxylic acids is 1. The van der Waals surface area contributed by atoms with Crippen LogP contribution in [0.4, 0.5) is 10.5 Å². The molecule has 1 aromatic rings. The van der Waals surface area contributed by atoms with Crippen LogP contribution in [-0.4, -0.2) is 44.5 Å². The minimum Gasteiger partial charge on any atom is -0.444 e. The summed E-state index contributed by atoms with van der Waals surface area (Å²) in [6.45, 7) is 5.13. The van der Waals surface area contributed by atoms with Crippen LogP contribution in [0.5, 0.6) is 0 Å². The van der Waals surface area contributed by atoms with Crippen molar-refractivity contribution in [2.75, 3.05) is 6.54 Å². The normalized spacial score (nSPS) is 13.9. The number of carbonyl (C=O) groups is 1. The number of nitrogens with one attached hydrogen (secondary N) is 2. The minimum atomic E-state index is -1.46. The molecule has 1 amide bonds. The van der Waals surface area contributed by atoms with E-state index in [1.165, 1.54) is 0 Å². The van der Waals surface area contributed by atoms with Crippen LogP contribution in [0.15, 0.2) is 17.1 Å². The Morgan fingerprint density at radius 2 is 2.08 bits per heavy atom. The SMILES string of the molecule is CC(C)(C)OC(=O)NCCC(O)C(O)c1c[nH]c(=O)c([N+](=O)[O-])c1. The molecule has 1 rings (SSSR count). The van der Waals surface area contributed by atoms with E-state index in [0.717, 1.165) is 12.3 Å². The Bertz CT molecular complexity index is 651. The first-order valence-corrected chi connectivity index (χ1v) is 7.21. The summed E-state index contributed by atoms with van der Waals surface area (Å²) in [6, 6.07) is 0.897. The lowest BCUT2D eigenvalue weighted by atomic mass is 10.0. The number of amides is 1. The number of H-pyrrole nitrogens is 1. The summed E-state index contributed by atoms with van der Waals surface area (Å²) in [7, 11) is 0. The average Bonchev–Trinajstić information content (AvgIpc) is 2.44. The van der Waals surface area contributed by atoms with E-state index in [9.17, 15) is 29.9 Å². The first-order chi connectivity index (χ1) is 11.0. The second-order valence-corrected chi connectivity index (χ2v) is 6.13. The molecule has 10 nitrogen and oxygen atoms in total. The van der Waals surface area contributed by atoms with Gasteiger partial charge >= 0.3 is 17.3 Å². The van der Waals surface area contributed by atoms with Crippen LogP contribution in [0, 0.1) is 10.1 Å². The summed E-state index contributed by atoms with van der Waals surface area (Å²) < 4.78 is 5.01. The van der Waals surface area contributed by atoms with Gasteiger partial charge < -0.3 is 25.3 Å². The van der Waals surface area contributed by atoms with E-state index in [1.807, 2.05) is 0 Å². The maximum atomic E-state index is 11.4. The van der Waals surface area contributed by atoms with Crippen LogP contribution in [0.1, 0.15) is 38.9 Å². The number of aromatic nitrogens is 1. The number of pyridine rings is 1. The highest BCUT2D eigenvalue weighted by Crippen LogP contribution is 2.20. The summed E-state index contributed by atoms with van der Waals surface area (Å²) in [4.78, 5) is 34.7. The molecule has 0 aliphatic carbocycles. The van der Waals surface area contributed by atoms with Crippen LogP contribution in [0.25, 0.3) is 0 Å². The van der Waals surface area contributed by atoms with E-state index >= 15 is 0 Å². The van der Waals surface area contributed by atoms with E-state index < -0.39 is 40.1 Å². The molecule has 0 fully saturated rings. The van der Waals surface area contributed by atoms with Gasteiger partial charge in [0.2, 0.25) is 0 Å². The van der Waals surface area contributed by atoms with Crippen molar-refractivity contribution in [1.82, 2.24) is 10.3 Å². The van der Waals surface area contributed by atoms with E-state index in [0.29, 0.717) is 0 Å². The average molecular weight is 343 g/mol. The lowest BCUT2D eigenvalue weighted by Gasteiger charge is -2.21. The van der Waals surface area contributed by atoms with Crippen LogP contribution >= 0.6 is 0 Å². The molecule has 24 heavy (non-hydrogen) atoms. The van der Waals surface area contributed by atoms with Gasteiger partial charge in [-0.2, -0.15) is 0 Å². The smallest absolute Gasteiger partial charge is 0.407 e. The number of nitrogens with zero attached hydrogens (tertiary/aromatic N) is 1. The van der Waals surface area contributed by atoms with Crippen molar-refractivity contribution in [2.24, 2.45) is 0 Å². The molecule has 1 heterocycles. The lowest BCUT2D eigenvalue weighted by molar-refractivity contribution is -0.386. The van der Waals surface area contributed by atoms with Crippen LogP contribution in [0.2, 0.25) is 0 Å². The van der Waals surface area contributed by atoms with Gasteiger partial charge in [0.1, 0.15) is 11.7 Å². The molecule has 0 saturated carbocycles. The predicted molar refractivity (Wildman–Crippen MR) is 83.5 cm³/mol. The van der Waals surface area contributed by atoms with Gasteiger partial charge in [-0.1, -0.05) is 0 Å². The van der Waals surface area contributed by atoms with Crippen molar-refractivity contribution in [3.63, 3.8) is 0 Å². The number of ether oxygens (including phenoxy) is 1. The molecule has 1 aromatic heterocycles. The fraction of sp³-hybridized carbons (Fsp3) is 0.571. The van der Waals surface area contributed by atoms with E-state index in [2.05, 4.69) is 10.3 Å². The van der Waals surface area contributed by atoms with E-state index in [1.54, 1.807) is 20.8 Å². The Balaban J connectivity index is 2.61. The summed E-state index contributed by atoms with van der Waals surface area (Å²) in [5.41, 5.74) is -2.30. The van der Waals surface area contributed by atoms with Gasteiger partial charge in [0.25, 0.3) is 0 Å². The zero-order valence-electron chi connectivity index (χ0n) is 13.6. The maximum absolute atomic E-state index is 11.4. The third kappa shape index (κ3) is 5.97. The highest BCUT2D eigenvalue weighted by Gasteiger charge is 2.23. The van der Waals surface area contributed by atoms with Crippen LogP contribution in [0.3, 0.4) is 0 Å². The molecular weight excluding hydrogens is 322 g/mol. The number of alkyl carbamates (subject to hydrolysis) is 1. The predicted octanol–water partition coefficient (Wildman–Crippen LogP) is 0.592. The molecule has 2 atom stereocenters. The Labute approximate surface area is 137 Å². The molecule has 0 radical (unpaired) electrons. The Hall–Kier alpha value is -2.46. The zero-order chi connectivity index (χ0) is 18.5. The minimum absolute atomic E-state index is 0.00827. The van der Waals surface area contributed by atoms with Crippen molar-refractivity contribution >= 4 is 11.8 Å². The standard InChI is InChI=1S/C14H21N3O7/c1-14(2,3)24-13(21)15-5-4-10(18)11(19)8-6-9(17(22)23)12(20)16-7-8/h6-7,10-11,18-19H,4-5H2,1-3H3,(H,15,21)(H,16,20). The van der Waals surface area contributed by atoms with E-state index in [4.69, 9.17) is 4.74 Å². The molecule has 0 saturated heterocycles. The summed E-state index contributed by atoms with van der Waals surface area (Å²) in [6.07, 6.45) is -2.35. The quantitative estimate of drug-likeness (QED) is 0.435. The molecule has 0 aliphatic heterocycles. The van der Waals surface area contributed by atoms with Crippen molar-refractivity contribution in [3.05, 3.63) is 38.3 Å².